The van der Waals surface area contributed by atoms with Crippen LogP contribution in [0.3, 0.4) is 0 Å². The molecule has 0 saturated carbocycles. The normalized spacial score (nSPS) is 10.2. The smallest absolute Gasteiger partial charge is 0.340 e. The molecular weight excluding hydrogens is 282 g/mol. The summed E-state index contributed by atoms with van der Waals surface area (Å²) < 4.78 is 31.6. The van der Waals surface area contributed by atoms with Crippen molar-refractivity contribution in [2.45, 2.75) is 0 Å². The second-order valence-electron chi connectivity index (χ2n) is 4.19. The number of carboxylic acids is 1. The molecule has 0 bridgehead atoms. The van der Waals surface area contributed by atoms with Crippen LogP contribution in [-0.2, 0) is 4.74 Å². The van der Waals surface area contributed by atoms with Gasteiger partial charge in [0.25, 0.3) is 0 Å². The van der Waals surface area contributed by atoms with Gasteiger partial charge >= 0.3 is 11.9 Å². The van der Waals surface area contributed by atoms with Crippen molar-refractivity contribution >= 4 is 11.9 Å². The molecule has 0 atom stereocenters. The lowest BCUT2D eigenvalue weighted by atomic mass is 10.0. The fourth-order valence-corrected chi connectivity index (χ4v) is 1.84. The van der Waals surface area contributed by atoms with Crippen molar-refractivity contribution in [2.75, 3.05) is 7.11 Å². The molecule has 0 aromatic heterocycles. The van der Waals surface area contributed by atoms with Crippen molar-refractivity contribution in [3.05, 3.63) is 59.2 Å². The Balaban J connectivity index is 2.50. The minimum absolute atomic E-state index is 0.280. The first kappa shape index (κ1) is 14.6. The van der Waals surface area contributed by atoms with Crippen LogP contribution in [0.1, 0.15) is 20.7 Å². The molecule has 0 radical (unpaired) electrons. The highest BCUT2D eigenvalue weighted by molar-refractivity contribution is 5.92. The number of carbonyl (C=O) groups is 2. The SMILES string of the molecule is COC(=O)c1cc(-c2ccc(C(=O)O)c(F)c2)ccc1F. The van der Waals surface area contributed by atoms with E-state index in [1.807, 2.05) is 0 Å². The molecule has 0 fully saturated rings. The Kier molecular flexibility index (Phi) is 3.98. The summed E-state index contributed by atoms with van der Waals surface area (Å²) in [7, 11) is 1.12. The topological polar surface area (TPSA) is 63.6 Å². The monoisotopic (exact) mass is 292 g/mol. The van der Waals surface area contributed by atoms with Crippen LogP contribution in [0.5, 0.6) is 0 Å². The summed E-state index contributed by atoms with van der Waals surface area (Å²) in [5.41, 5.74) is -0.0536. The Morgan fingerprint density at radius 2 is 1.57 bits per heavy atom. The molecule has 1 N–H and O–H groups in total. The predicted octanol–water partition coefficient (Wildman–Crippen LogP) is 3.12. The van der Waals surface area contributed by atoms with Crippen molar-refractivity contribution in [3.63, 3.8) is 0 Å². The third-order valence-electron chi connectivity index (χ3n) is 2.90. The van der Waals surface area contributed by atoms with Crippen LogP contribution < -0.4 is 0 Å². The number of benzene rings is 2. The first-order chi connectivity index (χ1) is 9.93. The van der Waals surface area contributed by atoms with E-state index in [4.69, 9.17) is 5.11 Å². The molecule has 4 nitrogen and oxygen atoms in total. The van der Waals surface area contributed by atoms with Crippen LogP contribution in [0.15, 0.2) is 36.4 Å². The van der Waals surface area contributed by atoms with Gasteiger partial charge < -0.3 is 9.84 Å². The molecule has 0 spiro atoms. The molecule has 0 aliphatic heterocycles. The number of methoxy groups -OCH3 is 1. The van der Waals surface area contributed by atoms with Gasteiger partial charge in [0, 0.05) is 0 Å². The van der Waals surface area contributed by atoms with Gasteiger partial charge in [0.05, 0.1) is 18.2 Å². The Morgan fingerprint density at radius 3 is 2.14 bits per heavy atom. The van der Waals surface area contributed by atoms with Crippen LogP contribution in [0.4, 0.5) is 8.78 Å². The Bertz CT molecular complexity index is 726. The lowest BCUT2D eigenvalue weighted by Gasteiger charge is -2.07. The standard InChI is InChI=1S/C15H10F2O4/c1-21-15(20)11-6-8(3-5-12(11)16)9-2-4-10(14(18)19)13(17)7-9/h2-7H,1H3,(H,18,19). The van der Waals surface area contributed by atoms with E-state index in [1.54, 1.807) is 0 Å². The van der Waals surface area contributed by atoms with Gasteiger partial charge in [-0.3, -0.25) is 0 Å². The second-order valence-corrected chi connectivity index (χ2v) is 4.19. The minimum Gasteiger partial charge on any atom is -0.478 e. The molecule has 0 aliphatic rings. The Morgan fingerprint density at radius 1 is 0.952 bits per heavy atom. The summed E-state index contributed by atoms with van der Waals surface area (Å²) in [4.78, 5) is 22.2. The summed E-state index contributed by atoms with van der Waals surface area (Å²) in [5.74, 6) is -3.90. The summed E-state index contributed by atoms with van der Waals surface area (Å²) in [6, 6.07) is 7.13. The van der Waals surface area contributed by atoms with Gasteiger partial charge in [0.1, 0.15) is 11.6 Å². The molecule has 2 aromatic carbocycles. The Labute approximate surface area is 118 Å². The fourth-order valence-electron chi connectivity index (χ4n) is 1.84. The van der Waals surface area contributed by atoms with E-state index in [1.165, 1.54) is 18.2 Å². The average molecular weight is 292 g/mol. The third-order valence-corrected chi connectivity index (χ3v) is 2.90. The van der Waals surface area contributed by atoms with Crippen molar-refractivity contribution in [1.82, 2.24) is 0 Å². The number of carboxylic acid groups (broad SMARTS) is 1. The van der Waals surface area contributed by atoms with Gasteiger partial charge in [0.2, 0.25) is 0 Å². The van der Waals surface area contributed by atoms with Crippen LogP contribution in [0.25, 0.3) is 11.1 Å². The van der Waals surface area contributed by atoms with E-state index in [9.17, 15) is 18.4 Å². The van der Waals surface area contributed by atoms with Crippen molar-refractivity contribution in [1.29, 1.82) is 0 Å². The van der Waals surface area contributed by atoms with E-state index in [2.05, 4.69) is 4.74 Å². The van der Waals surface area contributed by atoms with Gasteiger partial charge in [-0.15, -0.1) is 0 Å². The van der Waals surface area contributed by atoms with E-state index < -0.39 is 29.1 Å². The quantitative estimate of drug-likeness (QED) is 0.883. The molecule has 0 unspecified atom stereocenters. The molecule has 0 saturated heterocycles. The number of rotatable bonds is 3. The van der Waals surface area contributed by atoms with Gasteiger partial charge in [0.15, 0.2) is 0 Å². The number of esters is 1. The van der Waals surface area contributed by atoms with Crippen molar-refractivity contribution in [2.24, 2.45) is 0 Å². The zero-order valence-corrected chi connectivity index (χ0v) is 10.9. The predicted molar refractivity (Wildman–Crippen MR) is 70.1 cm³/mol. The maximum atomic E-state index is 13.6. The molecular formula is C15H10F2O4. The van der Waals surface area contributed by atoms with Gasteiger partial charge in [-0.05, 0) is 35.4 Å². The second kappa shape index (κ2) is 5.70. The van der Waals surface area contributed by atoms with Gasteiger partial charge in [-0.25, -0.2) is 18.4 Å². The maximum absolute atomic E-state index is 13.6. The molecule has 0 heterocycles. The maximum Gasteiger partial charge on any atom is 0.340 e. The Hall–Kier alpha value is -2.76. The number of hydrogen-bond acceptors (Lipinski definition) is 3. The zero-order valence-electron chi connectivity index (χ0n) is 10.9. The summed E-state index contributed by atoms with van der Waals surface area (Å²) >= 11 is 0. The summed E-state index contributed by atoms with van der Waals surface area (Å²) in [6.07, 6.45) is 0. The van der Waals surface area contributed by atoms with Crippen LogP contribution >= 0.6 is 0 Å². The van der Waals surface area contributed by atoms with Crippen LogP contribution in [0.2, 0.25) is 0 Å². The van der Waals surface area contributed by atoms with Gasteiger partial charge in [-0.1, -0.05) is 12.1 Å². The summed E-state index contributed by atoms with van der Waals surface area (Å²) in [5, 5.41) is 8.76. The van der Waals surface area contributed by atoms with Gasteiger partial charge in [-0.2, -0.15) is 0 Å². The van der Waals surface area contributed by atoms with E-state index in [-0.39, 0.29) is 5.56 Å². The van der Waals surface area contributed by atoms with E-state index >= 15 is 0 Å². The molecule has 2 aromatic rings. The molecule has 6 heteroatoms. The largest absolute Gasteiger partial charge is 0.478 e. The zero-order chi connectivity index (χ0) is 15.6. The third kappa shape index (κ3) is 2.89. The van der Waals surface area contributed by atoms with E-state index in [0.717, 1.165) is 25.3 Å². The van der Waals surface area contributed by atoms with Crippen molar-refractivity contribution < 1.29 is 28.2 Å². The highest BCUT2D eigenvalue weighted by atomic mass is 19.1. The lowest BCUT2D eigenvalue weighted by molar-refractivity contribution is 0.0594. The molecule has 21 heavy (non-hydrogen) atoms. The van der Waals surface area contributed by atoms with Crippen LogP contribution in [-0.4, -0.2) is 24.2 Å². The fraction of sp³-hybridized carbons (Fsp3) is 0.0667. The average Bonchev–Trinajstić information content (AvgIpc) is 2.46. The molecule has 0 aliphatic carbocycles. The van der Waals surface area contributed by atoms with Crippen molar-refractivity contribution in [3.8, 4) is 11.1 Å². The van der Waals surface area contributed by atoms with E-state index in [0.29, 0.717) is 11.1 Å². The number of halogens is 2. The van der Waals surface area contributed by atoms with Crippen LogP contribution in [0, 0.1) is 11.6 Å². The summed E-state index contributed by atoms with van der Waals surface area (Å²) in [6.45, 7) is 0. The number of carbonyl (C=O) groups excluding carboxylic acids is 1. The highest BCUT2D eigenvalue weighted by Crippen LogP contribution is 2.24. The lowest BCUT2D eigenvalue weighted by Crippen LogP contribution is -2.04. The molecule has 2 rings (SSSR count). The number of hydrogen-bond donors (Lipinski definition) is 1. The number of aromatic carboxylic acids is 1. The molecule has 108 valence electrons. The molecule has 0 amide bonds. The first-order valence-corrected chi connectivity index (χ1v) is 5.85. The number of ether oxygens (including phenoxy) is 1. The highest BCUT2D eigenvalue weighted by Gasteiger charge is 2.15. The first-order valence-electron chi connectivity index (χ1n) is 5.85. The minimum atomic E-state index is -1.38.